The van der Waals surface area contributed by atoms with Crippen LogP contribution in [0.3, 0.4) is 0 Å². The van der Waals surface area contributed by atoms with Gasteiger partial charge in [0, 0.05) is 17.3 Å². The Morgan fingerprint density at radius 2 is 2.31 bits per heavy atom. The molecule has 1 saturated heterocycles. The fourth-order valence-electron chi connectivity index (χ4n) is 1.85. The van der Waals surface area contributed by atoms with Gasteiger partial charge in [0.1, 0.15) is 5.82 Å². The second kappa shape index (κ2) is 3.34. The van der Waals surface area contributed by atoms with Gasteiger partial charge in [0.05, 0.1) is 0 Å². The number of halogens is 1. The minimum atomic E-state index is -0.195. The summed E-state index contributed by atoms with van der Waals surface area (Å²) in [5.41, 5.74) is 6.92. The Hall–Kier alpha value is -1.09. The molecule has 2 rings (SSSR count). The lowest BCUT2D eigenvalue weighted by molar-refractivity contribution is 0.561. The van der Waals surface area contributed by atoms with E-state index >= 15 is 0 Å². The molecule has 1 aromatic rings. The molecular weight excluding hydrogens is 167 g/mol. The van der Waals surface area contributed by atoms with E-state index in [9.17, 15) is 4.39 Å². The molecule has 3 heteroatoms. The smallest absolute Gasteiger partial charge is 0.130 e. The van der Waals surface area contributed by atoms with E-state index in [0.29, 0.717) is 11.3 Å². The normalized spacial score (nSPS) is 22.1. The highest BCUT2D eigenvalue weighted by Gasteiger charge is 2.21. The molecule has 70 valence electrons. The van der Waals surface area contributed by atoms with Crippen LogP contribution in [0.2, 0.25) is 0 Å². The van der Waals surface area contributed by atoms with E-state index in [2.05, 4.69) is 5.32 Å². The van der Waals surface area contributed by atoms with Crippen LogP contribution in [-0.2, 0) is 0 Å². The number of nitrogens with one attached hydrogen (secondary N) is 1. The van der Waals surface area contributed by atoms with Crippen molar-refractivity contribution < 1.29 is 4.39 Å². The quantitative estimate of drug-likeness (QED) is 0.647. The zero-order valence-corrected chi connectivity index (χ0v) is 7.39. The van der Waals surface area contributed by atoms with Crippen LogP contribution < -0.4 is 11.1 Å². The molecule has 0 aliphatic carbocycles. The fourth-order valence-corrected chi connectivity index (χ4v) is 1.85. The first-order valence-electron chi connectivity index (χ1n) is 4.56. The average molecular weight is 180 g/mol. The maximum absolute atomic E-state index is 13.4. The Bertz CT molecular complexity index is 286. The van der Waals surface area contributed by atoms with Crippen LogP contribution in [0.25, 0.3) is 0 Å². The molecule has 0 aromatic heterocycles. The van der Waals surface area contributed by atoms with Gasteiger partial charge in [0.25, 0.3) is 0 Å². The van der Waals surface area contributed by atoms with Gasteiger partial charge in [-0.1, -0.05) is 6.07 Å². The van der Waals surface area contributed by atoms with Gasteiger partial charge in [-0.2, -0.15) is 0 Å². The molecule has 0 unspecified atom stereocenters. The maximum Gasteiger partial charge on any atom is 0.130 e. The highest BCUT2D eigenvalue weighted by molar-refractivity contribution is 5.49. The van der Waals surface area contributed by atoms with Crippen molar-refractivity contribution in [2.45, 2.75) is 18.9 Å². The third-order valence-electron chi connectivity index (χ3n) is 2.50. The number of hydrogen-bond acceptors (Lipinski definition) is 2. The van der Waals surface area contributed by atoms with Crippen molar-refractivity contribution in [2.24, 2.45) is 0 Å². The lowest BCUT2D eigenvalue weighted by Gasteiger charge is -2.13. The minimum absolute atomic E-state index is 0.112. The van der Waals surface area contributed by atoms with Crippen molar-refractivity contribution in [1.29, 1.82) is 0 Å². The van der Waals surface area contributed by atoms with E-state index in [0.717, 1.165) is 19.4 Å². The highest BCUT2D eigenvalue weighted by Crippen LogP contribution is 2.29. The van der Waals surface area contributed by atoms with Crippen molar-refractivity contribution >= 4 is 5.69 Å². The predicted octanol–water partition coefficient (Wildman–Crippen LogP) is 1.83. The Labute approximate surface area is 76.9 Å². The summed E-state index contributed by atoms with van der Waals surface area (Å²) in [6.45, 7) is 0.957. The van der Waals surface area contributed by atoms with Crippen LogP contribution in [-0.4, -0.2) is 6.54 Å². The minimum Gasteiger partial charge on any atom is -0.398 e. The van der Waals surface area contributed by atoms with Gasteiger partial charge in [0.2, 0.25) is 0 Å². The van der Waals surface area contributed by atoms with Gasteiger partial charge < -0.3 is 11.1 Å². The van der Waals surface area contributed by atoms with E-state index in [4.69, 9.17) is 5.73 Å². The molecule has 1 aromatic carbocycles. The Morgan fingerprint density at radius 3 is 2.92 bits per heavy atom. The molecule has 2 nitrogen and oxygen atoms in total. The van der Waals surface area contributed by atoms with Gasteiger partial charge in [-0.05, 0) is 31.5 Å². The van der Waals surface area contributed by atoms with E-state index in [1.807, 2.05) is 0 Å². The first-order valence-corrected chi connectivity index (χ1v) is 4.56. The van der Waals surface area contributed by atoms with Crippen molar-refractivity contribution in [1.82, 2.24) is 5.32 Å². The summed E-state index contributed by atoms with van der Waals surface area (Å²) in [5, 5.41) is 3.23. The molecule has 0 amide bonds. The molecule has 1 heterocycles. The van der Waals surface area contributed by atoms with Gasteiger partial charge in [-0.25, -0.2) is 4.39 Å². The summed E-state index contributed by atoms with van der Waals surface area (Å²) in [7, 11) is 0. The molecule has 0 spiro atoms. The van der Waals surface area contributed by atoms with Crippen molar-refractivity contribution in [3.05, 3.63) is 29.6 Å². The second-order valence-corrected chi connectivity index (χ2v) is 3.39. The summed E-state index contributed by atoms with van der Waals surface area (Å²) in [6, 6.07) is 4.97. The van der Waals surface area contributed by atoms with Gasteiger partial charge >= 0.3 is 0 Å². The lowest BCUT2D eigenvalue weighted by atomic mass is 10.0. The molecule has 0 bridgehead atoms. The van der Waals surface area contributed by atoms with Crippen molar-refractivity contribution in [3.8, 4) is 0 Å². The summed E-state index contributed by atoms with van der Waals surface area (Å²) in [4.78, 5) is 0. The van der Waals surface area contributed by atoms with Gasteiger partial charge in [-0.15, -0.1) is 0 Å². The number of nitrogens with two attached hydrogens (primary N) is 1. The van der Waals surface area contributed by atoms with Crippen LogP contribution in [0.15, 0.2) is 18.2 Å². The standard InChI is InChI=1S/C10H13FN2/c11-7-3-1-4-8(12)10(7)9-5-2-6-13-9/h1,3-4,9,13H,2,5-6,12H2/t9-/m1/s1. The zero-order valence-electron chi connectivity index (χ0n) is 7.39. The Balaban J connectivity index is 2.37. The third-order valence-corrected chi connectivity index (χ3v) is 2.50. The average Bonchev–Trinajstić information content (AvgIpc) is 2.57. The molecule has 1 fully saturated rings. The molecular formula is C10H13FN2. The van der Waals surface area contributed by atoms with Gasteiger partial charge in [0.15, 0.2) is 0 Å². The second-order valence-electron chi connectivity index (χ2n) is 3.39. The molecule has 1 aliphatic rings. The third kappa shape index (κ3) is 1.52. The number of nitrogen functional groups attached to an aromatic ring is 1. The first-order chi connectivity index (χ1) is 6.29. The predicted molar refractivity (Wildman–Crippen MR) is 50.8 cm³/mol. The Morgan fingerprint density at radius 1 is 1.46 bits per heavy atom. The van der Waals surface area contributed by atoms with E-state index in [-0.39, 0.29) is 11.9 Å². The summed E-state index contributed by atoms with van der Waals surface area (Å²) < 4.78 is 13.4. The van der Waals surface area contributed by atoms with E-state index in [1.54, 1.807) is 12.1 Å². The van der Waals surface area contributed by atoms with E-state index < -0.39 is 0 Å². The van der Waals surface area contributed by atoms with Crippen molar-refractivity contribution in [3.63, 3.8) is 0 Å². The lowest BCUT2D eigenvalue weighted by Crippen LogP contribution is -2.16. The van der Waals surface area contributed by atoms with Crippen LogP contribution >= 0.6 is 0 Å². The molecule has 3 N–H and O–H groups in total. The topological polar surface area (TPSA) is 38.0 Å². The number of anilines is 1. The Kier molecular flexibility index (Phi) is 2.19. The molecule has 1 atom stereocenters. The number of benzene rings is 1. The largest absolute Gasteiger partial charge is 0.398 e. The number of rotatable bonds is 1. The van der Waals surface area contributed by atoms with Crippen LogP contribution in [0.1, 0.15) is 24.4 Å². The molecule has 13 heavy (non-hydrogen) atoms. The molecule has 0 saturated carbocycles. The maximum atomic E-state index is 13.4. The molecule has 0 radical (unpaired) electrons. The highest BCUT2D eigenvalue weighted by atomic mass is 19.1. The summed E-state index contributed by atoms with van der Waals surface area (Å²) in [5.74, 6) is -0.195. The zero-order chi connectivity index (χ0) is 9.26. The van der Waals surface area contributed by atoms with Crippen LogP contribution in [0.4, 0.5) is 10.1 Å². The SMILES string of the molecule is Nc1cccc(F)c1[C@H]1CCCN1. The fraction of sp³-hybridized carbons (Fsp3) is 0.400. The molecule has 1 aliphatic heterocycles. The number of hydrogen-bond donors (Lipinski definition) is 2. The van der Waals surface area contributed by atoms with Crippen molar-refractivity contribution in [2.75, 3.05) is 12.3 Å². The van der Waals surface area contributed by atoms with Crippen LogP contribution in [0.5, 0.6) is 0 Å². The van der Waals surface area contributed by atoms with E-state index in [1.165, 1.54) is 6.07 Å². The van der Waals surface area contributed by atoms with Gasteiger partial charge in [-0.3, -0.25) is 0 Å². The summed E-state index contributed by atoms with van der Waals surface area (Å²) in [6.07, 6.45) is 2.07. The van der Waals surface area contributed by atoms with Crippen LogP contribution in [0, 0.1) is 5.82 Å². The first kappa shape index (κ1) is 8.51. The summed E-state index contributed by atoms with van der Waals surface area (Å²) >= 11 is 0. The monoisotopic (exact) mass is 180 g/mol.